The van der Waals surface area contributed by atoms with E-state index in [1.165, 1.54) is 11.1 Å². The van der Waals surface area contributed by atoms with Crippen molar-refractivity contribution in [2.24, 2.45) is 0 Å². The van der Waals surface area contributed by atoms with Crippen LogP contribution in [0, 0.1) is 6.92 Å². The summed E-state index contributed by atoms with van der Waals surface area (Å²) in [5, 5.41) is 0. The normalized spacial score (nSPS) is 14.1. The summed E-state index contributed by atoms with van der Waals surface area (Å²) >= 11 is -0.775. The van der Waals surface area contributed by atoms with Gasteiger partial charge in [-0.05, 0) is 0 Å². The van der Waals surface area contributed by atoms with Gasteiger partial charge in [0.05, 0.1) is 0 Å². The fraction of sp³-hybridized carbons (Fsp3) is 0.250. The molecule has 0 saturated carbocycles. The summed E-state index contributed by atoms with van der Waals surface area (Å²) in [5.74, 6) is 0.635. The Kier molecular flexibility index (Phi) is 6.15. The molecule has 0 aliphatic carbocycles. The third-order valence-corrected chi connectivity index (χ3v) is 7.11. The topological polar surface area (TPSA) is 0 Å². The van der Waals surface area contributed by atoms with Crippen molar-refractivity contribution >= 4 is 37.4 Å². The van der Waals surface area contributed by atoms with E-state index in [0.717, 1.165) is 0 Å². The molecule has 0 bridgehead atoms. The zero-order valence-electron chi connectivity index (χ0n) is 13.5. The van der Waals surface area contributed by atoms with Crippen molar-refractivity contribution in [3.8, 4) is 0 Å². The molecule has 0 fully saturated rings. The van der Waals surface area contributed by atoms with E-state index in [4.69, 9.17) is 0 Å². The fourth-order valence-electron chi connectivity index (χ4n) is 1.83. The Hall–Kier alpha value is -0.680. The van der Waals surface area contributed by atoms with Gasteiger partial charge in [-0.15, -0.1) is 0 Å². The zero-order chi connectivity index (χ0) is 18.7. The molecule has 0 aromatic heterocycles. The third kappa shape index (κ3) is 11.8. The van der Waals surface area contributed by atoms with E-state index in [1.54, 1.807) is 6.64 Å². The van der Waals surface area contributed by atoms with Gasteiger partial charge in [0.2, 0.25) is 0 Å². The first-order chi connectivity index (χ1) is 10.6. The van der Waals surface area contributed by atoms with Crippen molar-refractivity contribution in [2.75, 3.05) is 0 Å². The molecule has 0 unspecified atom stereocenters. The molecule has 8 heteroatoms. The number of aryl methyl sites for hydroxylation is 1. The van der Waals surface area contributed by atoms with E-state index < -0.39 is 30.7 Å². The predicted molar refractivity (Wildman–Crippen MR) is 90.3 cm³/mol. The van der Waals surface area contributed by atoms with Gasteiger partial charge < -0.3 is 0 Å². The van der Waals surface area contributed by atoms with E-state index in [9.17, 15) is 25.2 Å². The molecule has 0 N–H and O–H groups in total. The summed E-state index contributed by atoms with van der Waals surface area (Å²) in [6.45, 7) is 6.64. The number of benzene rings is 2. The number of halogens is 6. The van der Waals surface area contributed by atoms with Crippen LogP contribution in [0.15, 0.2) is 48.5 Å². The monoisotopic (exact) mass is 470 g/mol. The van der Waals surface area contributed by atoms with Crippen LogP contribution in [0.4, 0.5) is 25.2 Å². The van der Waals surface area contributed by atoms with Crippen molar-refractivity contribution in [3.63, 3.8) is 0 Å². The summed E-state index contributed by atoms with van der Waals surface area (Å²) in [7, 11) is -10.7. The van der Waals surface area contributed by atoms with Crippen LogP contribution in [0.1, 0.15) is 30.9 Å². The first-order valence-corrected chi connectivity index (χ1v) is 12.5. The SMILES string of the molecule is Cc1cc[c]([In+][c]2ccc(C(C)C)cc2)cc1.F[P-](F)(F)(F)(F)F. The second-order valence-electron chi connectivity index (χ2n) is 5.83. The summed E-state index contributed by atoms with van der Waals surface area (Å²) in [6, 6.07) is 18.3. The summed E-state index contributed by atoms with van der Waals surface area (Å²) in [5.41, 5.74) is 2.80. The van der Waals surface area contributed by atoms with Crippen molar-refractivity contribution in [1.82, 2.24) is 0 Å². The van der Waals surface area contributed by atoms with Gasteiger partial charge in [-0.3, -0.25) is 0 Å². The minimum atomic E-state index is -10.7. The third-order valence-electron chi connectivity index (χ3n) is 3.01. The molecule has 24 heavy (non-hydrogen) atoms. The molecular formula is C16H18F6InP. The molecule has 132 valence electrons. The van der Waals surface area contributed by atoms with Crippen molar-refractivity contribution < 1.29 is 25.2 Å². The standard InChI is InChI=1S/C9H11.C7H7.F6P.In/c1-8(2)9-6-4-3-5-7-9;1-7-5-3-2-4-6-7;1-7(2,3,4,5)6;/h4-8H,1-2H3;3-6H,1H3;;/q;;-1;+1. The van der Waals surface area contributed by atoms with Gasteiger partial charge in [0.15, 0.2) is 0 Å². The molecule has 0 radical (unpaired) electrons. The number of rotatable bonds is 3. The summed E-state index contributed by atoms with van der Waals surface area (Å²) in [4.78, 5) is 0. The van der Waals surface area contributed by atoms with E-state index in [0.29, 0.717) is 5.92 Å². The van der Waals surface area contributed by atoms with Gasteiger partial charge in [-0.1, -0.05) is 0 Å². The Morgan fingerprint density at radius 2 is 1.04 bits per heavy atom. The van der Waals surface area contributed by atoms with Crippen molar-refractivity contribution in [2.45, 2.75) is 26.7 Å². The zero-order valence-corrected chi connectivity index (χ0v) is 17.7. The molecule has 0 aliphatic heterocycles. The molecule has 0 aliphatic rings. The average molecular weight is 470 g/mol. The Balaban J connectivity index is 0.000000351. The van der Waals surface area contributed by atoms with E-state index in [2.05, 4.69) is 69.3 Å². The van der Waals surface area contributed by atoms with Crippen LogP contribution in [-0.2, 0) is 0 Å². The molecule has 2 aromatic carbocycles. The van der Waals surface area contributed by atoms with Gasteiger partial charge >= 0.3 is 149 Å². The number of hydrogen-bond acceptors (Lipinski definition) is 0. The van der Waals surface area contributed by atoms with E-state index >= 15 is 0 Å². The maximum atomic E-state index is 9.87. The second-order valence-corrected chi connectivity index (χ2v) is 12.4. The van der Waals surface area contributed by atoms with Crippen LogP contribution in [0.3, 0.4) is 0 Å². The molecule has 0 heterocycles. The van der Waals surface area contributed by atoms with Crippen LogP contribution >= 0.6 is 7.81 Å². The Morgan fingerprint density at radius 1 is 0.708 bits per heavy atom. The molecular weight excluding hydrogens is 452 g/mol. The van der Waals surface area contributed by atoms with Crippen molar-refractivity contribution in [1.29, 1.82) is 0 Å². The summed E-state index contributed by atoms with van der Waals surface area (Å²) in [6.07, 6.45) is 0. The van der Waals surface area contributed by atoms with Crippen LogP contribution in [-0.4, -0.2) is 22.9 Å². The molecule has 0 amide bonds. The predicted octanol–water partition coefficient (Wildman–Crippen LogP) is 6.16. The molecule has 0 atom stereocenters. The first kappa shape index (κ1) is 21.4. The maximum absolute atomic E-state index is 10.7. The average Bonchev–Trinajstić information content (AvgIpc) is 2.38. The Bertz CT molecular complexity index is 649. The van der Waals surface area contributed by atoms with Crippen LogP contribution in [0.2, 0.25) is 0 Å². The van der Waals surface area contributed by atoms with Crippen LogP contribution in [0.25, 0.3) is 0 Å². The second kappa shape index (κ2) is 6.91. The van der Waals surface area contributed by atoms with Gasteiger partial charge in [0.25, 0.3) is 0 Å². The van der Waals surface area contributed by atoms with Crippen LogP contribution in [0.5, 0.6) is 0 Å². The summed E-state index contributed by atoms with van der Waals surface area (Å²) < 4.78 is 62.3. The number of hydrogen-bond donors (Lipinski definition) is 0. The fourth-order valence-corrected chi connectivity index (χ4v) is 5.13. The van der Waals surface area contributed by atoms with Gasteiger partial charge in [0.1, 0.15) is 0 Å². The van der Waals surface area contributed by atoms with E-state index in [1.807, 2.05) is 0 Å². The Morgan fingerprint density at radius 3 is 1.38 bits per heavy atom. The quantitative estimate of drug-likeness (QED) is 0.373. The van der Waals surface area contributed by atoms with Crippen LogP contribution < -0.4 is 6.64 Å². The van der Waals surface area contributed by atoms with Crippen molar-refractivity contribution in [3.05, 3.63) is 59.7 Å². The van der Waals surface area contributed by atoms with Gasteiger partial charge in [-0.2, -0.15) is 0 Å². The molecule has 0 saturated heterocycles. The molecule has 0 nitrogen and oxygen atoms in total. The Labute approximate surface area is 148 Å². The molecule has 2 rings (SSSR count). The van der Waals surface area contributed by atoms with Gasteiger partial charge in [-0.25, -0.2) is 0 Å². The molecule has 2 aromatic rings. The van der Waals surface area contributed by atoms with Gasteiger partial charge in [0, 0.05) is 0 Å². The first-order valence-electron chi connectivity index (χ1n) is 7.18. The van der Waals surface area contributed by atoms with E-state index in [-0.39, 0.29) is 0 Å². The molecule has 0 spiro atoms. The minimum absolute atomic E-state index is 0.635.